The smallest absolute Gasteiger partial charge is 0.246 e. The van der Waals surface area contributed by atoms with Crippen molar-refractivity contribution in [3.05, 3.63) is 0 Å². The number of nitrogens with zero attached hydrogens (tertiary/aromatic N) is 1. The predicted octanol–water partition coefficient (Wildman–Crippen LogP) is 2.47. The summed E-state index contributed by atoms with van der Waals surface area (Å²) in [5.74, 6) is 1.42. The van der Waals surface area contributed by atoms with Crippen LogP contribution < -0.4 is 5.32 Å². The van der Waals surface area contributed by atoms with E-state index in [0.717, 1.165) is 38.0 Å². The van der Waals surface area contributed by atoms with E-state index in [0.29, 0.717) is 5.92 Å². The van der Waals surface area contributed by atoms with Crippen LogP contribution in [0.2, 0.25) is 0 Å². The van der Waals surface area contributed by atoms with E-state index in [1.165, 1.54) is 19.3 Å². The summed E-state index contributed by atoms with van der Waals surface area (Å²) in [5, 5.41) is 2.99. The molecule has 2 amide bonds. The second-order valence-corrected chi connectivity index (χ2v) is 7.26. The maximum absolute atomic E-state index is 12.9. The molecular weight excluding hydrogens is 264 g/mol. The minimum Gasteiger partial charge on any atom is -0.342 e. The first-order valence-electron chi connectivity index (χ1n) is 8.74. The highest BCUT2D eigenvalue weighted by molar-refractivity contribution is 5.97. The molecule has 0 aromatic carbocycles. The molecule has 0 spiro atoms. The molecule has 4 nitrogen and oxygen atoms in total. The number of hydrogen-bond acceptors (Lipinski definition) is 2. The van der Waals surface area contributed by atoms with Gasteiger partial charge < -0.3 is 10.2 Å². The molecule has 2 saturated carbocycles. The molecule has 1 saturated heterocycles. The number of carbonyl (C=O) groups is 2. The van der Waals surface area contributed by atoms with E-state index in [1.54, 1.807) is 0 Å². The van der Waals surface area contributed by atoms with Crippen molar-refractivity contribution in [1.29, 1.82) is 0 Å². The van der Waals surface area contributed by atoms with Crippen molar-refractivity contribution < 1.29 is 9.59 Å². The first-order chi connectivity index (χ1) is 10.1. The lowest BCUT2D eigenvalue weighted by Crippen LogP contribution is -2.66. The number of amides is 2. The molecular formula is C17H28N2O2. The number of piperazine rings is 1. The van der Waals surface area contributed by atoms with Crippen LogP contribution in [-0.4, -0.2) is 34.8 Å². The Hall–Kier alpha value is -1.06. The quantitative estimate of drug-likeness (QED) is 0.812. The third-order valence-corrected chi connectivity index (χ3v) is 5.56. The molecule has 1 aliphatic heterocycles. The molecule has 0 aromatic heterocycles. The topological polar surface area (TPSA) is 49.4 Å². The van der Waals surface area contributed by atoms with E-state index in [1.807, 2.05) is 11.8 Å². The van der Waals surface area contributed by atoms with Gasteiger partial charge in [0.05, 0.1) is 0 Å². The average Bonchev–Trinajstić information content (AvgIpc) is 3.29. The standard InChI is InChI=1S/C17H28N2O2/c1-3-14-16(20)18-15(12-8-9-12)17(21)19(14)13-6-4-5-11(2)7-10-13/h11-15H,3-10H2,1-2H3,(H,18,20). The van der Waals surface area contributed by atoms with Crippen LogP contribution in [0.1, 0.15) is 65.2 Å². The van der Waals surface area contributed by atoms with Gasteiger partial charge in [-0.3, -0.25) is 9.59 Å². The lowest BCUT2D eigenvalue weighted by atomic mass is 9.96. The van der Waals surface area contributed by atoms with Gasteiger partial charge in [0.15, 0.2) is 0 Å². The Bertz CT molecular complexity index is 419. The first-order valence-corrected chi connectivity index (χ1v) is 8.74. The predicted molar refractivity (Wildman–Crippen MR) is 81.6 cm³/mol. The van der Waals surface area contributed by atoms with Crippen LogP contribution in [0.25, 0.3) is 0 Å². The first kappa shape index (κ1) is 14.9. The minimum absolute atomic E-state index is 0.0753. The molecule has 0 radical (unpaired) electrons. The van der Waals surface area contributed by atoms with Gasteiger partial charge in [-0.2, -0.15) is 0 Å². The molecule has 1 N–H and O–H groups in total. The number of rotatable bonds is 3. The zero-order chi connectivity index (χ0) is 15.0. The Morgan fingerprint density at radius 3 is 2.52 bits per heavy atom. The summed E-state index contributed by atoms with van der Waals surface area (Å²) in [6.07, 6.45) is 8.65. The summed E-state index contributed by atoms with van der Waals surface area (Å²) in [5.41, 5.74) is 0. The van der Waals surface area contributed by atoms with E-state index in [2.05, 4.69) is 12.2 Å². The largest absolute Gasteiger partial charge is 0.342 e. The van der Waals surface area contributed by atoms with Crippen molar-refractivity contribution in [2.45, 2.75) is 83.3 Å². The van der Waals surface area contributed by atoms with Crippen LogP contribution in [0.4, 0.5) is 0 Å². The monoisotopic (exact) mass is 292 g/mol. The lowest BCUT2D eigenvalue weighted by molar-refractivity contribution is -0.153. The van der Waals surface area contributed by atoms with Crippen molar-refractivity contribution in [2.24, 2.45) is 11.8 Å². The summed E-state index contributed by atoms with van der Waals surface area (Å²) < 4.78 is 0. The second kappa shape index (κ2) is 5.98. The average molecular weight is 292 g/mol. The molecule has 2 aliphatic carbocycles. The maximum Gasteiger partial charge on any atom is 0.246 e. The number of hydrogen-bond donors (Lipinski definition) is 1. The maximum atomic E-state index is 12.9. The Kier molecular flexibility index (Phi) is 4.23. The van der Waals surface area contributed by atoms with E-state index in [9.17, 15) is 9.59 Å². The van der Waals surface area contributed by atoms with Gasteiger partial charge in [-0.1, -0.05) is 26.7 Å². The van der Waals surface area contributed by atoms with Crippen molar-refractivity contribution >= 4 is 11.8 Å². The van der Waals surface area contributed by atoms with Crippen LogP contribution in [-0.2, 0) is 9.59 Å². The molecule has 0 bridgehead atoms. The lowest BCUT2D eigenvalue weighted by Gasteiger charge is -2.43. The highest BCUT2D eigenvalue weighted by atomic mass is 16.2. The molecule has 4 atom stereocenters. The zero-order valence-electron chi connectivity index (χ0n) is 13.3. The van der Waals surface area contributed by atoms with E-state index in [4.69, 9.17) is 0 Å². The molecule has 4 unspecified atom stereocenters. The molecule has 3 aliphatic rings. The molecule has 3 rings (SSSR count). The normalized spacial score (nSPS) is 38.1. The summed E-state index contributed by atoms with van der Waals surface area (Å²) in [4.78, 5) is 27.3. The van der Waals surface area contributed by atoms with Crippen molar-refractivity contribution in [3.63, 3.8) is 0 Å². The Labute approximate surface area is 127 Å². The summed E-state index contributed by atoms with van der Waals surface area (Å²) in [6.45, 7) is 4.32. The van der Waals surface area contributed by atoms with Crippen molar-refractivity contribution in [2.75, 3.05) is 0 Å². The van der Waals surface area contributed by atoms with Gasteiger partial charge >= 0.3 is 0 Å². The number of nitrogens with one attached hydrogen (secondary N) is 1. The molecule has 1 heterocycles. The highest BCUT2D eigenvalue weighted by Gasteiger charge is 2.48. The SMILES string of the molecule is CCC1C(=O)NC(C2CC2)C(=O)N1C1CCCC(C)CC1. The highest BCUT2D eigenvalue weighted by Crippen LogP contribution is 2.37. The van der Waals surface area contributed by atoms with Gasteiger partial charge in [0.1, 0.15) is 12.1 Å². The van der Waals surface area contributed by atoms with E-state index in [-0.39, 0.29) is 29.9 Å². The fourth-order valence-corrected chi connectivity index (χ4v) is 4.06. The minimum atomic E-state index is -0.245. The third kappa shape index (κ3) is 2.95. The van der Waals surface area contributed by atoms with Gasteiger partial charge in [0.2, 0.25) is 11.8 Å². The Morgan fingerprint density at radius 2 is 1.86 bits per heavy atom. The van der Waals surface area contributed by atoms with Gasteiger partial charge in [-0.15, -0.1) is 0 Å². The van der Waals surface area contributed by atoms with Gasteiger partial charge in [0, 0.05) is 6.04 Å². The van der Waals surface area contributed by atoms with Crippen LogP contribution in [0.5, 0.6) is 0 Å². The molecule has 118 valence electrons. The summed E-state index contributed by atoms with van der Waals surface area (Å²) in [6, 6.07) is -0.202. The Balaban J connectivity index is 1.80. The van der Waals surface area contributed by atoms with Gasteiger partial charge in [-0.05, 0) is 50.4 Å². The fraction of sp³-hybridized carbons (Fsp3) is 0.882. The number of carbonyl (C=O) groups excluding carboxylic acids is 2. The van der Waals surface area contributed by atoms with Crippen LogP contribution in [0.3, 0.4) is 0 Å². The van der Waals surface area contributed by atoms with Gasteiger partial charge in [-0.25, -0.2) is 0 Å². The Morgan fingerprint density at radius 1 is 1.10 bits per heavy atom. The third-order valence-electron chi connectivity index (χ3n) is 5.56. The molecule has 4 heteroatoms. The van der Waals surface area contributed by atoms with Gasteiger partial charge in [0.25, 0.3) is 0 Å². The van der Waals surface area contributed by atoms with Crippen LogP contribution >= 0.6 is 0 Å². The van der Waals surface area contributed by atoms with Crippen molar-refractivity contribution in [1.82, 2.24) is 10.2 Å². The fourth-order valence-electron chi connectivity index (χ4n) is 4.06. The summed E-state index contributed by atoms with van der Waals surface area (Å²) >= 11 is 0. The molecule has 3 fully saturated rings. The molecule has 0 aromatic rings. The summed E-state index contributed by atoms with van der Waals surface area (Å²) in [7, 11) is 0. The van der Waals surface area contributed by atoms with Crippen molar-refractivity contribution in [3.8, 4) is 0 Å². The molecule has 21 heavy (non-hydrogen) atoms. The van der Waals surface area contributed by atoms with E-state index >= 15 is 0 Å². The van der Waals surface area contributed by atoms with Crippen LogP contribution in [0.15, 0.2) is 0 Å². The van der Waals surface area contributed by atoms with Crippen LogP contribution in [0, 0.1) is 11.8 Å². The zero-order valence-corrected chi connectivity index (χ0v) is 13.3. The van der Waals surface area contributed by atoms with E-state index < -0.39 is 0 Å². The second-order valence-electron chi connectivity index (χ2n) is 7.26.